The monoisotopic (exact) mass is 420 g/mol. The predicted octanol–water partition coefficient (Wildman–Crippen LogP) is 1.86. The van der Waals surface area contributed by atoms with Crippen molar-refractivity contribution < 1.29 is 14.3 Å². The van der Waals surface area contributed by atoms with Crippen molar-refractivity contribution in [1.82, 2.24) is 19.6 Å². The molecule has 1 fully saturated rings. The molecule has 1 saturated heterocycles. The van der Waals surface area contributed by atoms with Gasteiger partial charge in [-0.1, -0.05) is 24.3 Å². The number of rotatable bonds is 5. The molecular weight excluding hydrogens is 396 g/mol. The predicted molar refractivity (Wildman–Crippen MR) is 115 cm³/mol. The molecule has 2 aromatic carbocycles. The molecular formula is C23H24N4O4. The Morgan fingerprint density at radius 3 is 2.68 bits per heavy atom. The Hall–Kier alpha value is -3.39. The molecule has 0 aliphatic carbocycles. The molecule has 2 aliphatic rings. The Labute approximate surface area is 179 Å². The lowest BCUT2D eigenvalue weighted by Gasteiger charge is -2.34. The zero-order chi connectivity index (χ0) is 21.2. The highest BCUT2D eigenvalue weighted by atomic mass is 16.7. The molecule has 0 bridgehead atoms. The second-order valence-electron chi connectivity index (χ2n) is 7.85. The van der Waals surface area contributed by atoms with Crippen LogP contribution in [-0.4, -0.2) is 58.5 Å². The minimum Gasteiger partial charge on any atom is -0.454 e. The lowest BCUT2D eigenvalue weighted by atomic mass is 10.1. The van der Waals surface area contributed by atoms with Gasteiger partial charge in [-0.25, -0.2) is 4.68 Å². The molecule has 5 rings (SSSR count). The lowest BCUT2D eigenvalue weighted by molar-refractivity contribution is -0.133. The normalized spacial score (nSPS) is 16.1. The molecule has 31 heavy (non-hydrogen) atoms. The van der Waals surface area contributed by atoms with Crippen LogP contribution in [-0.2, 0) is 17.9 Å². The zero-order valence-corrected chi connectivity index (χ0v) is 17.2. The van der Waals surface area contributed by atoms with Crippen molar-refractivity contribution in [3.63, 3.8) is 0 Å². The number of aromatic nitrogens is 2. The summed E-state index contributed by atoms with van der Waals surface area (Å²) in [6, 6.07) is 13.4. The third kappa shape index (κ3) is 4.11. The van der Waals surface area contributed by atoms with Crippen LogP contribution in [0.5, 0.6) is 11.5 Å². The van der Waals surface area contributed by atoms with Gasteiger partial charge in [0.1, 0.15) is 0 Å². The minimum atomic E-state index is -0.153. The van der Waals surface area contributed by atoms with E-state index in [0.29, 0.717) is 25.0 Å². The van der Waals surface area contributed by atoms with E-state index in [-0.39, 0.29) is 24.7 Å². The SMILES string of the molecule is O=C(CCn1ncc2ccccc2c1=O)N1CCN(Cc2ccc3c(c2)OCO3)CC1. The van der Waals surface area contributed by atoms with E-state index in [1.54, 1.807) is 12.3 Å². The number of fused-ring (bicyclic) bond motifs is 2. The second-order valence-corrected chi connectivity index (χ2v) is 7.85. The quantitative estimate of drug-likeness (QED) is 0.627. The van der Waals surface area contributed by atoms with Gasteiger partial charge in [0.05, 0.1) is 18.1 Å². The maximum atomic E-state index is 12.7. The summed E-state index contributed by atoms with van der Waals surface area (Å²) >= 11 is 0. The fourth-order valence-corrected chi connectivity index (χ4v) is 4.10. The van der Waals surface area contributed by atoms with Gasteiger partial charge < -0.3 is 14.4 Å². The van der Waals surface area contributed by atoms with Gasteiger partial charge in [0.2, 0.25) is 12.7 Å². The summed E-state index contributed by atoms with van der Waals surface area (Å²) in [6.45, 7) is 4.38. The van der Waals surface area contributed by atoms with E-state index in [1.807, 2.05) is 35.2 Å². The van der Waals surface area contributed by atoms with Crippen molar-refractivity contribution in [2.45, 2.75) is 19.5 Å². The van der Waals surface area contributed by atoms with Gasteiger partial charge >= 0.3 is 0 Å². The van der Waals surface area contributed by atoms with Crippen molar-refractivity contribution in [1.29, 1.82) is 0 Å². The average molecular weight is 420 g/mol. The summed E-state index contributed by atoms with van der Waals surface area (Å²) in [7, 11) is 0. The van der Waals surface area contributed by atoms with Gasteiger partial charge in [-0.15, -0.1) is 0 Å². The number of ether oxygens (including phenoxy) is 2. The smallest absolute Gasteiger partial charge is 0.274 e. The maximum absolute atomic E-state index is 12.7. The van der Waals surface area contributed by atoms with E-state index in [2.05, 4.69) is 16.1 Å². The van der Waals surface area contributed by atoms with E-state index in [0.717, 1.165) is 36.5 Å². The first-order valence-electron chi connectivity index (χ1n) is 10.5. The lowest BCUT2D eigenvalue weighted by Crippen LogP contribution is -2.48. The standard InChI is InChI=1S/C23H24N4O4/c28-22(7-8-27-23(29)19-4-2-1-3-18(19)14-24-27)26-11-9-25(10-12-26)15-17-5-6-20-21(13-17)31-16-30-20/h1-6,13-14H,7-12,15-16H2. The number of carbonyl (C=O) groups excluding carboxylic acids is 1. The Morgan fingerprint density at radius 2 is 1.81 bits per heavy atom. The highest BCUT2D eigenvalue weighted by Crippen LogP contribution is 2.32. The number of carbonyl (C=O) groups is 1. The first kappa shape index (κ1) is 19.6. The Balaban J connectivity index is 1.14. The number of hydrogen-bond acceptors (Lipinski definition) is 6. The van der Waals surface area contributed by atoms with E-state index in [1.165, 1.54) is 10.2 Å². The molecule has 0 N–H and O–H groups in total. The van der Waals surface area contributed by atoms with Gasteiger partial charge in [-0.05, 0) is 23.8 Å². The van der Waals surface area contributed by atoms with Crippen molar-refractivity contribution in [2.24, 2.45) is 0 Å². The van der Waals surface area contributed by atoms with E-state index >= 15 is 0 Å². The van der Waals surface area contributed by atoms with Crippen LogP contribution in [0.4, 0.5) is 0 Å². The minimum absolute atomic E-state index is 0.0598. The molecule has 1 amide bonds. The molecule has 160 valence electrons. The highest BCUT2D eigenvalue weighted by molar-refractivity contribution is 5.80. The van der Waals surface area contributed by atoms with E-state index < -0.39 is 0 Å². The Morgan fingerprint density at radius 1 is 1.00 bits per heavy atom. The summed E-state index contributed by atoms with van der Waals surface area (Å²) in [5, 5.41) is 5.65. The van der Waals surface area contributed by atoms with Crippen LogP contribution in [0, 0.1) is 0 Å². The molecule has 0 unspecified atom stereocenters. The van der Waals surface area contributed by atoms with Crippen LogP contribution < -0.4 is 15.0 Å². The van der Waals surface area contributed by atoms with Crippen molar-refractivity contribution >= 4 is 16.7 Å². The molecule has 3 aromatic rings. The van der Waals surface area contributed by atoms with Crippen LogP contribution in [0.2, 0.25) is 0 Å². The first-order chi connectivity index (χ1) is 15.2. The van der Waals surface area contributed by atoms with Gasteiger partial charge in [-0.3, -0.25) is 14.5 Å². The largest absolute Gasteiger partial charge is 0.454 e. The molecule has 1 aromatic heterocycles. The summed E-state index contributed by atoms with van der Waals surface area (Å²) < 4.78 is 12.2. The van der Waals surface area contributed by atoms with Crippen molar-refractivity contribution in [3.8, 4) is 11.5 Å². The van der Waals surface area contributed by atoms with Crippen LogP contribution >= 0.6 is 0 Å². The van der Waals surface area contributed by atoms with Gasteiger partial charge in [-0.2, -0.15) is 5.10 Å². The van der Waals surface area contributed by atoms with Crippen LogP contribution in [0.1, 0.15) is 12.0 Å². The third-order valence-electron chi connectivity index (χ3n) is 5.87. The van der Waals surface area contributed by atoms with Crippen LogP contribution in [0.25, 0.3) is 10.8 Å². The number of nitrogens with zero attached hydrogens (tertiary/aromatic N) is 4. The number of aryl methyl sites for hydroxylation is 1. The molecule has 0 radical (unpaired) electrons. The van der Waals surface area contributed by atoms with Crippen LogP contribution in [0.15, 0.2) is 53.5 Å². The zero-order valence-electron chi connectivity index (χ0n) is 17.2. The molecule has 0 spiro atoms. The average Bonchev–Trinajstić information content (AvgIpc) is 3.27. The van der Waals surface area contributed by atoms with Crippen molar-refractivity contribution in [3.05, 3.63) is 64.6 Å². The summed E-state index contributed by atoms with van der Waals surface area (Å²) in [4.78, 5) is 29.4. The highest BCUT2D eigenvalue weighted by Gasteiger charge is 2.22. The number of hydrogen-bond donors (Lipinski definition) is 0. The Bertz CT molecular complexity index is 1170. The summed E-state index contributed by atoms with van der Waals surface area (Å²) in [6.07, 6.45) is 1.95. The van der Waals surface area contributed by atoms with Gasteiger partial charge in [0.25, 0.3) is 5.56 Å². The van der Waals surface area contributed by atoms with E-state index in [9.17, 15) is 9.59 Å². The third-order valence-corrected chi connectivity index (χ3v) is 5.87. The fraction of sp³-hybridized carbons (Fsp3) is 0.348. The van der Waals surface area contributed by atoms with Gasteiger partial charge in [0.15, 0.2) is 11.5 Å². The van der Waals surface area contributed by atoms with Crippen LogP contribution in [0.3, 0.4) is 0 Å². The molecule has 0 saturated carbocycles. The van der Waals surface area contributed by atoms with E-state index in [4.69, 9.17) is 9.47 Å². The second kappa shape index (κ2) is 8.39. The molecule has 0 atom stereocenters. The molecule has 3 heterocycles. The summed E-state index contributed by atoms with van der Waals surface area (Å²) in [5.41, 5.74) is 1.02. The molecule has 8 nitrogen and oxygen atoms in total. The van der Waals surface area contributed by atoms with Gasteiger partial charge in [0, 0.05) is 44.5 Å². The summed E-state index contributed by atoms with van der Waals surface area (Å²) in [5.74, 6) is 1.65. The number of piperazine rings is 1. The topological polar surface area (TPSA) is 76.9 Å². The fourth-order valence-electron chi connectivity index (χ4n) is 4.10. The van der Waals surface area contributed by atoms with Crippen molar-refractivity contribution in [2.75, 3.05) is 33.0 Å². The molecule has 2 aliphatic heterocycles. The maximum Gasteiger partial charge on any atom is 0.274 e. The molecule has 8 heteroatoms. The number of amides is 1. The number of benzene rings is 2. The Kier molecular flexibility index (Phi) is 5.30. The first-order valence-corrected chi connectivity index (χ1v) is 10.5.